The Kier molecular flexibility index (Phi) is 4.06. The van der Waals surface area contributed by atoms with Crippen molar-refractivity contribution in [3.8, 4) is 0 Å². The molecule has 1 heterocycles. The van der Waals surface area contributed by atoms with Gasteiger partial charge in [-0.15, -0.1) is 0 Å². The summed E-state index contributed by atoms with van der Waals surface area (Å²) in [6.07, 6.45) is -2.18. The normalized spacial score (nSPS) is 22.4. The van der Waals surface area contributed by atoms with Crippen LogP contribution in [0.1, 0.15) is 33.1 Å². The largest absolute Gasteiger partial charge is 0.415 e. The molecule has 0 spiro atoms. The van der Waals surface area contributed by atoms with Gasteiger partial charge in [-0.25, -0.2) is 0 Å². The summed E-state index contributed by atoms with van der Waals surface area (Å²) in [5.41, 5.74) is 2.35. The summed E-state index contributed by atoms with van der Waals surface area (Å²) in [6.45, 7) is 3.53. The predicted octanol–water partition coefficient (Wildman–Crippen LogP) is 1.91. The highest BCUT2D eigenvalue weighted by atomic mass is 19.4. The molecule has 0 radical (unpaired) electrons. The molecule has 1 fully saturated rings. The molecule has 0 aromatic rings. The van der Waals surface area contributed by atoms with Gasteiger partial charge in [0.25, 0.3) is 5.91 Å². The summed E-state index contributed by atoms with van der Waals surface area (Å²) in [4.78, 5) is 13.0. The van der Waals surface area contributed by atoms with E-state index in [1.807, 2.05) is 6.92 Å². The Bertz CT molecular complexity index is 281. The van der Waals surface area contributed by atoms with Crippen molar-refractivity contribution in [2.24, 2.45) is 11.7 Å². The van der Waals surface area contributed by atoms with E-state index in [1.165, 1.54) is 4.90 Å². The van der Waals surface area contributed by atoms with Crippen LogP contribution in [0, 0.1) is 5.92 Å². The lowest BCUT2D eigenvalue weighted by molar-refractivity contribution is -0.194. The molecule has 1 amide bonds. The number of rotatable bonds is 2. The topological polar surface area (TPSA) is 46.3 Å². The van der Waals surface area contributed by atoms with Gasteiger partial charge in [-0.3, -0.25) is 4.79 Å². The molecule has 1 aliphatic heterocycles. The first-order valence-electron chi connectivity index (χ1n) is 5.85. The lowest BCUT2D eigenvalue weighted by Crippen LogP contribution is -2.63. The molecule has 1 atom stereocenters. The van der Waals surface area contributed by atoms with Crippen LogP contribution < -0.4 is 5.73 Å². The molecular weight excluding hydrogens is 233 g/mol. The van der Waals surface area contributed by atoms with E-state index in [9.17, 15) is 18.0 Å². The number of amides is 1. The molecule has 1 saturated heterocycles. The minimum Gasteiger partial charge on any atom is -0.341 e. The second kappa shape index (κ2) is 4.84. The molecule has 1 aliphatic rings. The zero-order valence-electron chi connectivity index (χ0n) is 10.2. The Morgan fingerprint density at radius 1 is 1.35 bits per heavy atom. The number of halogens is 3. The summed E-state index contributed by atoms with van der Waals surface area (Å²) in [7, 11) is 0. The molecule has 17 heavy (non-hydrogen) atoms. The third-order valence-corrected chi connectivity index (χ3v) is 3.51. The molecule has 3 nitrogen and oxygen atoms in total. The van der Waals surface area contributed by atoms with Gasteiger partial charge in [0.1, 0.15) is 0 Å². The van der Waals surface area contributed by atoms with Crippen molar-refractivity contribution >= 4 is 5.91 Å². The first-order chi connectivity index (χ1) is 7.70. The molecule has 1 unspecified atom stereocenters. The van der Waals surface area contributed by atoms with E-state index in [0.717, 1.165) is 26.2 Å². The minimum atomic E-state index is -4.70. The van der Waals surface area contributed by atoms with Gasteiger partial charge in [0, 0.05) is 13.1 Å². The van der Waals surface area contributed by atoms with Crippen molar-refractivity contribution < 1.29 is 18.0 Å². The van der Waals surface area contributed by atoms with Crippen LogP contribution in [0.5, 0.6) is 0 Å². The van der Waals surface area contributed by atoms with E-state index in [2.05, 4.69) is 0 Å². The monoisotopic (exact) mass is 252 g/mol. The third-order valence-electron chi connectivity index (χ3n) is 3.51. The number of likely N-dealkylation sites (tertiary alicyclic amines) is 1. The lowest BCUT2D eigenvalue weighted by atomic mass is 9.92. The van der Waals surface area contributed by atoms with Gasteiger partial charge in [0.05, 0.1) is 0 Å². The standard InChI is InChI=1S/C11H19F3N2O/c1-3-8-4-6-16(7-5-8)9(17)10(2,15)11(12,13)14/h8H,3-7,15H2,1-2H3. The fraction of sp³-hybridized carbons (Fsp3) is 0.909. The van der Waals surface area contributed by atoms with Crippen molar-refractivity contribution in [3.05, 3.63) is 0 Å². The van der Waals surface area contributed by atoms with E-state index in [-0.39, 0.29) is 0 Å². The summed E-state index contributed by atoms with van der Waals surface area (Å²) in [5.74, 6) is -0.506. The third kappa shape index (κ3) is 2.91. The first-order valence-corrected chi connectivity index (χ1v) is 5.85. The van der Waals surface area contributed by atoms with Gasteiger partial charge < -0.3 is 10.6 Å². The van der Waals surface area contributed by atoms with Crippen molar-refractivity contribution in [3.63, 3.8) is 0 Å². The molecule has 0 aliphatic carbocycles. The van der Waals surface area contributed by atoms with Gasteiger partial charge in [0.15, 0.2) is 5.54 Å². The lowest BCUT2D eigenvalue weighted by Gasteiger charge is -2.37. The Labute approximate surface area is 99.1 Å². The fourth-order valence-corrected chi connectivity index (χ4v) is 1.99. The van der Waals surface area contributed by atoms with Crippen LogP contribution in [-0.4, -0.2) is 35.6 Å². The van der Waals surface area contributed by atoms with Gasteiger partial charge in [-0.1, -0.05) is 13.3 Å². The molecule has 0 aromatic heterocycles. The summed E-state index contributed by atoms with van der Waals surface area (Å²) < 4.78 is 37.8. The van der Waals surface area contributed by atoms with Gasteiger partial charge in [0.2, 0.25) is 0 Å². The maximum Gasteiger partial charge on any atom is 0.415 e. The number of nitrogens with two attached hydrogens (primary N) is 1. The molecule has 6 heteroatoms. The van der Waals surface area contributed by atoms with Crippen molar-refractivity contribution in [1.82, 2.24) is 4.90 Å². The zero-order chi connectivity index (χ0) is 13.3. The van der Waals surface area contributed by atoms with E-state index in [0.29, 0.717) is 19.0 Å². The van der Waals surface area contributed by atoms with Crippen LogP contribution in [0.25, 0.3) is 0 Å². The van der Waals surface area contributed by atoms with E-state index < -0.39 is 17.6 Å². The maximum atomic E-state index is 12.6. The first kappa shape index (κ1) is 14.3. The zero-order valence-corrected chi connectivity index (χ0v) is 10.2. The Hall–Kier alpha value is -0.780. The number of nitrogens with zero attached hydrogens (tertiary/aromatic N) is 1. The molecule has 2 N–H and O–H groups in total. The van der Waals surface area contributed by atoms with Crippen LogP contribution >= 0.6 is 0 Å². The van der Waals surface area contributed by atoms with Crippen LogP contribution in [0.4, 0.5) is 13.2 Å². The van der Waals surface area contributed by atoms with E-state index in [1.54, 1.807) is 0 Å². The number of hydrogen-bond acceptors (Lipinski definition) is 2. The van der Waals surface area contributed by atoms with Crippen molar-refractivity contribution in [1.29, 1.82) is 0 Å². The average Bonchev–Trinajstić information content (AvgIpc) is 2.26. The number of carbonyl (C=O) groups excluding carboxylic acids is 1. The summed E-state index contributed by atoms with van der Waals surface area (Å²) in [6, 6.07) is 0. The Balaban J connectivity index is 2.66. The highest BCUT2D eigenvalue weighted by molar-refractivity contribution is 5.86. The van der Waals surface area contributed by atoms with E-state index in [4.69, 9.17) is 5.73 Å². The highest BCUT2D eigenvalue weighted by Crippen LogP contribution is 2.31. The van der Waals surface area contributed by atoms with Crippen molar-refractivity contribution in [2.75, 3.05) is 13.1 Å². The maximum absolute atomic E-state index is 12.6. The van der Waals surface area contributed by atoms with Gasteiger partial charge in [-0.2, -0.15) is 13.2 Å². The predicted molar refractivity (Wildman–Crippen MR) is 58.2 cm³/mol. The second-order valence-corrected chi connectivity index (χ2v) is 4.84. The van der Waals surface area contributed by atoms with Gasteiger partial charge in [-0.05, 0) is 25.7 Å². The smallest absolute Gasteiger partial charge is 0.341 e. The average molecular weight is 252 g/mol. The molecular formula is C11H19F3N2O. The number of alkyl halides is 3. The van der Waals surface area contributed by atoms with Crippen LogP contribution in [0.2, 0.25) is 0 Å². The summed E-state index contributed by atoms with van der Waals surface area (Å²) in [5, 5.41) is 0. The molecule has 1 rings (SSSR count). The molecule has 0 aromatic carbocycles. The van der Waals surface area contributed by atoms with Gasteiger partial charge >= 0.3 is 6.18 Å². The fourth-order valence-electron chi connectivity index (χ4n) is 1.99. The van der Waals surface area contributed by atoms with Crippen LogP contribution in [-0.2, 0) is 4.79 Å². The van der Waals surface area contributed by atoms with Crippen LogP contribution in [0.15, 0.2) is 0 Å². The number of carbonyl (C=O) groups is 1. The van der Waals surface area contributed by atoms with E-state index >= 15 is 0 Å². The Morgan fingerprint density at radius 3 is 2.18 bits per heavy atom. The van der Waals surface area contributed by atoms with Crippen molar-refractivity contribution in [2.45, 2.75) is 44.8 Å². The molecule has 0 saturated carbocycles. The SMILES string of the molecule is CCC1CCN(C(=O)C(C)(N)C(F)(F)F)CC1. The molecule has 100 valence electrons. The second-order valence-electron chi connectivity index (χ2n) is 4.84. The quantitative estimate of drug-likeness (QED) is 0.816. The summed E-state index contributed by atoms with van der Waals surface area (Å²) >= 11 is 0. The number of piperidine rings is 1. The number of hydrogen-bond donors (Lipinski definition) is 1. The van der Waals surface area contributed by atoms with Crippen LogP contribution in [0.3, 0.4) is 0 Å². The Morgan fingerprint density at radius 2 is 1.82 bits per heavy atom. The highest BCUT2D eigenvalue weighted by Gasteiger charge is 2.55. The molecule has 0 bridgehead atoms. The minimum absolute atomic E-state index is 0.375.